The van der Waals surface area contributed by atoms with E-state index in [1.807, 2.05) is 0 Å². The molecule has 0 radical (unpaired) electrons. The Labute approximate surface area is 178 Å². The van der Waals surface area contributed by atoms with E-state index >= 15 is 0 Å². The molecular formula is C21H44N2O5S. The highest BCUT2D eigenvalue weighted by Gasteiger charge is 2.15. The Kier molecular flexibility index (Phi) is 17.7. The van der Waals surface area contributed by atoms with E-state index in [1.54, 1.807) is 11.9 Å². The molecule has 0 aliphatic heterocycles. The molecule has 1 unspecified atom stereocenters. The number of hydrogen-bond acceptors (Lipinski definition) is 5. The molecule has 0 spiro atoms. The van der Waals surface area contributed by atoms with Crippen molar-refractivity contribution in [3.63, 3.8) is 0 Å². The molecule has 0 aliphatic carbocycles. The summed E-state index contributed by atoms with van der Waals surface area (Å²) in [6.45, 7) is 3.82. The Bertz CT molecular complexity index is 499. The van der Waals surface area contributed by atoms with Crippen molar-refractivity contribution in [3.05, 3.63) is 0 Å². The summed E-state index contributed by atoms with van der Waals surface area (Å²) in [7, 11) is -2.38. The van der Waals surface area contributed by atoms with Crippen LogP contribution in [0.25, 0.3) is 0 Å². The van der Waals surface area contributed by atoms with Gasteiger partial charge in [0.15, 0.2) is 0 Å². The van der Waals surface area contributed by atoms with Crippen LogP contribution < -0.4 is 5.32 Å². The normalized spacial score (nSPS) is 13.0. The largest absolute Gasteiger partial charge is 0.391 e. The van der Waals surface area contributed by atoms with Gasteiger partial charge in [0.1, 0.15) is 5.75 Å². The minimum atomic E-state index is -4.16. The van der Waals surface area contributed by atoms with Gasteiger partial charge in [0.2, 0.25) is 5.91 Å². The summed E-state index contributed by atoms with van der Waals surface area (Å²) >= 11 is 0. The van der Waals surface area contributed by atoms with Crippen LogP contribution in [-0.2, 0) is 14.9 Å². The molecule has 0 rings (SSSR count). The van der Waals surface area contributed by atoms with Gasteiger partial charge in [-0.2, -0.15) is 8.42 Å². The van der Waals surface area contributed by atoms with Gasteiger partial charge in [-0.05, 0) is 32.9 Å². The topological polar surface area (TPSA) is 107 Å². The van der Waals surface area contributed by atoms with E-state index in [-0.39, 0.29) is 12.5 Å². The highest BCUT2D eigenvalue weighted by Crippen LogP contribution is 2.10. The van der Waals surface area contributed by atoms with Gasteiger partial charge in [-0.3, -0.25) is 9.35 Å². The zero-order valence-corrected chi connectivity index (χ0v) is 19.4. The summed E-state index contributed by atoms with van der Waals surface area (Å²) < 4.78 is 30.1. The second-order valence-corrected chi connectivity index (χ2v) is 9.65. The molecule has 0 heterocycles. The molecule has 3 N–H and O–H groups in total. The van der Waals surface area contributed by atoms with Gasteiger partial charge in [0, 0.05) is 19.5 Å². The highest BCUT2D eigenvalue weighted by molar-refractivity contribution is 7.85. The van der Waals surface area contributed by atoms with Crippen molar-refractivity contribution in [1.29, 1.82) is 0 Å². The lowest BCUT2D eigenvalue weighted by Gasteiger charge is -2.19. The van der Waals surface area contributed by atoms with Crippen LogP contribution in [-0.4, -0.2) is 67.4 Å². The smallest absolute Gasteiger partial charge is 0.267 e. The second kappa shape index (κ2) is 18.1. The SMILES string of the molecule is CCCCCCCCCCCCNC(=O)CCCCN(C)CC(O)CS(=O)(=O)O. The maximum Gasteiger partial charge on any atom is 0.267 e. The minimum absolute atomic E-state index is 0.0787. The summed E-state index contributed by atoms with van der Waals surface area (Å²) in [6, 6.07) is 0. The van der Waals surface area contributed by atoms with Crippen molar-refractivity contribution in [3.8, 4) is 0 Å². The molecule has 0 aromatic carbocycles. The predicted octanol–water partition coefficient (Wildman–Crippen LogP) is 3.37. The predicted molar refractivity (Wildman–Crippen MR) is 119 cm³/mol. The first-order chi connectivity index (χ1) is 13.7. The third-order valence-electron chi connectivity index (χ3n) is 4.97. The molecule has 1 atom stereocenters. The molecule has 29 heavy (non-hydrogen) atoms. The number of carbonyl (C=O) groups is 1. The van der Waals surface area contributed by atoms with Gasteiger partial charge in [-0.25, -0.2) is 0 Å². The van der Waals surface area contributed by atoms with E-state index in [0.29, 0.717) is 13.0 Å². The number of amides is 1. The third kappa shape index (κ3) is 21.8. The monoisotopic (exact) mass is 436 g/mol. The van der Waals surface area contributed by atoms with Crippen LogP contribution in [0.1, 0.15) is 90.4 Å². The molecule has 0 fully saturated rings. The van der Waals surface area contributed by atoms with Crippen molar-refractivity contribution in [2.45, 2.75) is 96.5 Å². The molecule has 0 bridgehead atoms. The first kappa shape index (κ1) is 28.3. The van der Waals surface area contributed by atoms with Crippen LogP contribution in [0, 0.1) is 0 Å². The fourth-order valence-electron chi connectivity index (χ4n) is 3.34. The van der Waals surface area contributed by atoms with Crippen LogP contribution in [0.3, 0.4) is 0 Å². The summed E-state index contributed by atoms with van der Waals surface area (Å²) in [5, 5.41) is 12.6. The number of unbranched alkanes of at least 4 members (excludes halogenated alkanes) is 10. The first-order valence-electron chi connectivity index (χ1n) is 11.3. The lowest BCUT2D eigenvalue weighted by Crippen LogP contribution is -2.34. The molecule has 1 amide bonds. The standard InChI is InChI=1S/C21H44N2O5S/c1-3-4-5-6-7-8-9-10-11-13-16-22-21(25)15-12-14-17-23(2)18-20(24)19-29(26,27)28/h20,24H,3-19H2,1-2H3,(H,22,25)(H,26,27,28). The van der Waals surface area contributed by atoms with E-state index in [4.69, 9.17) is 4.55 Å². The maximum absolute atomic E-state index is 11.8. The lowest BCUT2D eigenvalue weighted by atomic mass is 10.1. The quantitative estimate of drug-likeness (QED) is 0.199. The molecular weight excluding hydrogens is 392 g/mol. The van der Waals surface area contributed by atoms with E-state index in [2.05, 4.69) is 12.2 Å². The number of aliphatic hydroxyl groups is 1. The minimum Gasteiger partial charge on any atom is -0.391 e. The van der Waals surface area contributed by atoms with Crippen molar-refractivity contribution >= 4 is 16.0 Å². The first-order valence-corrected chi connectivity index (χ1v) is 12.9. The molecule has 8 heteroatoms. The zero-order valence-electron chi connectivity index (χ0n) is 18.6. The summed E-state index contributed by atoms with van der Waals surface area (Å²) in [6.07, 6.45) is 13.8. The van der Waals surface area contributed by atoms with E-state index in [0.717, 1.165) is 25.8 Å². The van der Waals surface area contributed by atoms with Crippen molar-refractivity contribution in [2.75, 3.05) is 32.4 Å². The van der Waals surface area contributed by atoms with Crippen LogP contribution >= 0.6 is 0 Å². The van der Waals surface area contributed by atoms with Gasteiger partial charge in [-0.1, -0.05) is 64.7 Å². The molecule has 174 valence electrons. The van der Waals surface area contributed by atoms with E-state index in [1.165, 1.54) is 57.8 Å². The Hall–Kier alpha value is -0.700. The number of carbonyl (C=O) groups excluding carboxylic acids is 1. The highest BCUT2D eigenvalue weighted by atomic mass is 32.2. The molecule has 7 nitrogen and oxygen atoms in total. The fourth-order valence-corrected chi connectivity index (χ4v) is 3.93. The van der Waals surface area contributed by atoms with E-state index in [9.17, 15) is 18.3 Å². The molecule has 0 saturated heterocycles. The Balaban J connectivity index is 3.46. The molecule has 0 saturated carbocycles. The maximum atomic E-state index is 11.8. The number of aliphatic hydroxyl groups excluding tert-OH is 1. The average Bonchev–Trinajstić information content (AvgIpc) is 2.61. The Morgan fingerprint density at radius 2 is 1.48 bits per heavy atom. The van der Waals surface area contributed by atoms with E-state index < -0.39 is 22.0 Å². The molecule has 0 aromatic heterocycles. The number of nitrogens with zero attached hydrogens (tertiary/aromatic N) is 1. The summed E-state index contributed by atoms with van der Waals surface area (Å²) in [5.74, 6) is -0.575. The Morgan fingerprint density at radius 1 is 0.931 bits per heavy atom. The number of likely N-dealkylation sites (N-methyl/N-ethyl adjacent to an activating group) is 1. The zero-order chi connectivity index (χ0) is 22.0. The van der Waals surface area contributed by atoms with Crippen LogP contribution in [0.2, 0.25) is 0 Å². The van der Waals surface area contributed by atoms with Crippen LogP contribution in [0.4, 0.5) is 0 Å². The fraction of sp³-hybridized carbons (Fsp3) is 0.952. The van der Waals surface area contributed by atoms with Gasteiger partial charge in [0.25, 0.3) is 10.1 Å². The Morgan fingerprint density at radius 3 is 2.03 bits per heavy atom. The van der Waals surface area contributed by atoms with Gasteiger partial charge in [0.05, 0.1) is 6.10 Å². The number of hydrogen-bond donors (Lipinski definition) is 3. The lowest BCUT2D eigenvalue weighted by molar-refractivity contribution is -0.121. The van der Waals surface area contributed by atoms with Crippen LogP contribution in [0.15, 0.2) is 0 Å². The van der Waals surface area contributed by atoms with Crippen molar-refractivity contribution in [2.24, 2.45) is 0 Å². The number of nitrogens with one attached hydrogen (secondary N) is 1. The molecule has 0 aromatic rings. The van der Waals surface area contributed by atoms with Gasteiger partial charge < -0.3 is 15.3 Å². The van der Waals surface area contributed by atoms with Crippen LogP contribution in [0.5, 0.6) is 0 Å². The van der Waals surface area contributed by atoms with Gasteiger partial charge in [-0.15, -0.1) is 0 Å². The van der Waals surface area contributed by atoms with Gasteiger partial charge >= 0.3 is 0 Å². The van der Waals surface area contributed by atoms with Crippen molar-refractivity contribution in [1.82, 2.24) is 10.2 Å². The number of rotatable bonds is 20. The average molecular weight is 437 g/mol. The summed E-state index contributed by atoms with van der Waals surface area (Å²) in [4.78, 5) is 13.6. The second-order valence-electron chi connectivity index (χ2n) is 8.15. The third-order valence-corrected chi connectivity index (χ3v) is 5.78. The molecule has 0 aliphatic rings. The summed E-state index contributed by atoms with van der Waals surface area (Å²) in [5.41, 5.74) is 0. The van der Waals surface area contributed by atoms with Crippen molar-refractivity contribution < 1.29 is 22.9 Å².